The minimum atomic E-state index is 0.522. The molecule has 3 aromatic rings. The average Bonchev–Trinajstić information content (AvgIpc) is 3.41. The van der Waals surface area contributed by atoms with Crippen molar-refractivity contribution in [2.45, 2.75) is 32.6 Å². The predicted octanol–water partition coefficient (Wildman–Crippen LogP) is 5.18. The standard InChI is InChI=1S/C22H25N3O2/c1-2-3-16-26-20-12-8-18(9-13-20)22-24-23-21(27-22)17-6-10-19(11-7-17)25-14-4-5-15-25/h6-13H,2-5,14-16H2,1H3. The Labute approximate surface area is 160 Å². The van der Waals surface area contributed by atoms with Crippen molar-refractivity contribution >= 4 is 5.69 Å². The minimum absolute atomic E-state index is 0.522. The summed E-state index contributed by atoms with van der Waals surface area (Å²) in [5.74, 6) is 1.93. The molecule has 27 heavy (non-hydrogen) atoms. The topological polar surface area (TPSA) is 51.4 Å². The van der Waals surface area contributed by atoms with E-state index in [0.717, 1.165) is 49.4 Å². The van der Waals surface area contributed by atoms with Crippen LogP contribution in [0.1, 0.15) is 32.6 Å². The summed E-state index contributed by atoms with van der Waals surface area (Å²) in [7, 11) is 0. The largest absolute Gasteiger partial charge is 0.494 e. The van der Waals surface area contributed by atoms with Crippen molar-refractivity contribution in [1.82, 2.24) is 10.2 Å². The number of anilines is 1. The van der Waals surface area contributed by atoms with Crippen LogP contribution in [0, 0.1) is 0 Å². The molecular weight excluding hydrogens is 338 g/mol. The Kier molecular flexibility index (Phi) is 5.37. The van der Waals surface area contributed by atoms with Gasteiger partial charge in [0.2, 0.25) is 11.8 Å². The second-order valence-corrected chi connectivity index (χ2v) is 6.88. The van der Waals surface area contributed by atoms with E-state index >= 15 is 0 Å². The zero-order chi connectivity index (χ0) is 18.5. The van der Waals surface area contributed by atoms with Crippen molar-refractivity contribution in [3.8, 4) is 28.7 Å². The number of rotatable bonds is 7. The van der Waals surface area contributed by atoms with Crippen LogP contribution >= 0.6 is 0 Å². The average molecular weight is 363 g/mol. The Bertz CT molecular complexity index is 850. The summed E-state index contributed by atoms with van der Waals surface area (Å²) < 4.78 is 11.6. The number of unbranched alkanes of at least 4 members (excludes halogenated alkanes) is 1. The molecule has 0 aliphatic carbocycles. The van der Waals surface area contributed by atoms with Gasteiger partial charge in [0, 0.05) is 29.9 Å². The fourth-order valence-electron chi connectivity index (χ4n) is 3.27. The molecule has 1 fully saturated rings. The highest BCUT2D eigenvalue weighted by Crippen LogP contribution is 2.28. The monoisotopic (exact) mass is 363 g/mol. The molecule has 0 amide bonds. The van der Waals surface area contributed by atoms with Gasteiger partial charge in [-0.1, -0.05) is 13.3 Å². The summed E-state index contributed by atoms with van der Waals surface area (Å²) in [5, 5.41) is 8.41. The highest BCUT2D eigenvalue weighted by molar-refractivity contribution is 5.61. The first-order valence-electron chi connectivity index (χ1n) is 9.75. The quantitative estimate of drug-likeness (QED) is 0.541. The number of hydrogen-bond acceptors (Lipinski definition) is 5. The molecule has 1 aliphatic heterocycles. The van der Waals surface area contributed by atoms with Crippen LogP contribution in [0.25, 0.3) is 22.9 Å². The maximum atomic E-state index is 5.88. The second-order valence-electron chi connectivity index (χ2n) is 6.88. The molecule has 1 aromatic heterocycles. The molecule has 0 N–H and O–H groups in total. The van der Waals surface area contributed by atoms with Gasteiger partial charge in [-0.15, -0.1) is 10.2 Å². The first-order valence-corrected chi connectivity index (χ1v) is 9.75. The van der Waals surface area contributed by atoms with Gasteiger partial charge < -0.3 is 14.1 Å². The molecular formula is C22H25N3O2. The Morgan fingerprint density at radius 2 is 1.48 bits per heavy atom. The van der Waals surface area contributed by atoms with E-state index in [0.29, 0.717) is 11.8 Å². The number of nitrogens with zero attached hydrogens (tertiary/aromatic N) is 3. The molecule has 5 nitrogen and oxygen atoms in total. The number of benzene rings is 2. The van der Waals surface area contributed by atoms with Crippen molar-refractivity contribution in [3.05, 3.63) is 48.5 Å². The molecule has 1 saturated heterocycles. The summed E-state index contributed by atoms with van der Waals surface area (Å²) in [4.78, 5) is 2.41. The van der Waals surface area contributed by atoms with Crippen molar-refractivity contribution in [3.63, 3.8) is 0 Å². The van der Waals surface area contributed by atoms with Crippen LogP contribution < -0.4 is 9.64 Å². The van der Waals surface area contributed by atoms with Gasteiger partial charge in [0.1, 0.15) is 5.75 Å². The first-order chi connectivity index (χ1) is 13.3. The first kappa shape index (κ1) is 17.6. The van der Waals surface area contributed by atoms with Gasteiger partial charge in [-0.2, -0.15) is 0 Å². The molecule has 4 rings (SSSR count). The normalized spacial score (nSPS) is 13.9. The van der Waals surface area contributed by atoms with E-state index in [1.54, 1.807) is 0 Å². The fourth-order valence-corrected chi connectivity index (χ4v) is 3.27. The lowest BCUT2D eigenvalue weighted by Gasteiger charge is -2.17. The lowest BCUT2D eigenvalue weighted by molar-refractivity contribution is 0.309. The van der Waals surface area contributed by atoms with Crippen LogP contribution in [-0.2, 0) is 0 Å². The zero-order valence-corrected chi connectivity index (χ0v) is 15.7. The van der Waals surface area contributed by atoms with E-state index < -0.39 is 0 Å². The molecule has 0 unspecified atom stereocenters. The van der Waals surface area contributed by atoms with E-state index in [4.69, 9.17) is 9.15 Å². The van der Waals surface area contributed by atoms with Gasteiger partial charge in [-0.25, -0.2) is 0 Å². The molecule has 5 heteroatoms. The number of ether oxygens (including phenoxy) is 1. The smallest absolute Gasteiger partial charge is 0.248 e. The van der Waals surface area contributed by atoms with Crippen molar-refractivity contribution in [2.24, 2.45) is 0 Å². The highest BCUT2D eigenvalue weighted by Gasteiger charge is 2.14. The van der Waals surface area contributed by atoms with E-state index in [1.807, 2.05) is 24.3 Å². The zero-order valence-electron chi connectivity index (χ0n) is 15.7. The maximum Gasteiger partial charge on any atom is 0.248 e. The van der Waals surface area contributed by atoms with Crippen LogP contribution in [0.4, 0.5) is 5.69 Å². The van der Waals surface area contributed by atoms with Crippen molar-refractivity contribution in [2.75, 3.05) is 24.6 Å². The molecule has 0 saturated carbocycles. The van der Waals surface area contributed by atoms with Gasteiger partial charge in [0.05, 0.1) is 6.61 Å². The number of hydrogen-bond donors (Lipinski definition) is 0. The van der Waals surface area contributed by atoms with Gasteiger partial charge in [0.15, 0.2) is 0 Å². The third-order valence-electron chi connectivity index (χ3n) is 4.88. The van der Waals surface area contributed by atoms with E-state index in [2.05, 4.69) is 46.3 Å². The molecule has 2 aromatic carbocycles. The molecule has 2 heterocycles. The van der Waals surface area contributed by atoms with Gasteiger partial charge >= 0.3 is 0 Å². The molecule has 0 bridgehead atoms. The van der Waals surface area contributed by atoms with Crippen LogP contribution in [0.3, 0.4) is 0 Å². The summed E-state index contributed by atoms with van der Waals surface area (Å²) in [6, 6.07) is 16.2. The van der Waals surface area contributed by atoms with Crippen molar-refractivity contribution in [1.29, 1.82) is 0 Å². The van der Waals surface area contributed by atoms with Gasteiger partial charge in [-0.3, -0.25) is 0 Å². The highest BCUT2D eigenvalue weighted by atomic mass is 16.5. The van der Waals surface area contributed by atoms with Gasteiger partial charge in [0.25, 0.3) is 0 Å². The lowest BCUT2D eigenvalue weighted by atomic mass is 10.2. The summed E-state index contributed by atoms with van der Waals surface area (Å²) in [6.45, 7) is 5.18. The fraction of sp³-hybridized carbons (Fsp3) is 0.364. The van der Waals surface area contributed by atoms with Gasteiger partial charge in [-0.05, 0) is 67.8 Å². The summed E-state index contributed by atoms with van der Waals surface area (Å²) in [5.41, 5.74) is 3.09. The lowest BCUT2D eigenvalue weighted by Crippen LogP contribution is -2.17. The second kappa shape index (κ2) is 8.25. The Morgan fingerprint density at radius 1 is 0.889 bits per heavy atom. The maximum absolute atomic E-state index is 5.88. The molecule has 0 spiro atoms. The minimum Gasteiger partial charge on any atom is -0.494 e. The molecule has 0 atom stereocenters. The predicted molar refractivity (Wildman–Crippen MR) is 107 cm³/mol. The van der Waals surface area contributed by atoms with Crippen LogP contribution in [-0.4, -0.2) is 29.9 Å². The SMILES string of the molecule is CCCCOc1ccc(-c2nnc(-c3ccc(N4CCCC4)cc3)o2)cc1. The molecule has 140 valence electrons. The third kappa shape index (κ3) is 4.13. The Balaban J connectivity index is 1.45. The molecule has 1 aliphatic rings. The van der Waals surface area contributed by atoms with Crippen LogP contribution in [0.2, 0.25) is 0 Å². The van der Waals surface area contributed by atoms with E-state index in [1.165, 1.54) is 18.5 Å². The third-order valence-corrected chi connectivity index (χ3v) is 4.88. The number of aromatic nitrogens is 2. The van der Waals surface area contributed by atoms with Crippen LogP contribution in [0.5, 0.6) is 5.75 Å². The van der Waals surface area contributed by atoms with E-state index in [-0.39, 0.29) is 0 Å². The summed E-state index contributed by atoms with van der Waals surface area (Å²) in [6.07, 6.45) is 4.74. The van der Waals surface area contributed by atoms with E-state index in [9.17, 15) is 0 Å². The van der Waals surface area contributed by atoms with Crippen LogP contribution in [0.15, 0.2) is 52.9 Å². The summed E-state index contributed by atoms with van der Waals surface area (Å²) >= 11 is 0. The Hall–Kier alpha value is -2.82. The molecule has 0 radical (unpaired) electrons. The Morgan fingerprint density at radius 3 is 2.07 bits per heavy atom. The van der Waals surface area contributed by atoms with Crippen molar-refractivity contribution < 1.29 is 9.15 Å².